The van der Waals surface area contributed by atoms with Crippen molar-refractivity contribution in [3.63, 3.8) is 0 Å². The fourth-order valence-corrected chi connectivity index (χ4v) is 2.47. The number of benzene rings is 1. The third-order valence-electron chi connectivity index (χ3n) is 2.57. The molecule has 1 heterocycles. The minimum atomic E-state index is -0.0213. The van der Waals surface area contributed by atoms with Gasteiger partial charge in [0.2, 0.25) is 0 Å². The third-order valence-corrected chi connectivity index (χ3v) is 3.55. The molecule has 1 amide bonds. The molecular formula is C14H16N2OS. The molecule has 0 bridgehead atoms. The van der Waals surface area contributed by atoms with Gasteiger partial charge in [-0.3, -0.25) is 4.79 Å². The van der Waals surface area contributed by atoms with Crippen LogP contribution in [0.25, 0.3) is 0 Å². The Bertz CT molecular complexity index is 548. The normalized spacial score (nSPS) is 10.3. The molecule has 2 aromatic rings. The first kappa shape index (κ1) is 12.8. The molecule has 2 rings (SSSR count). The van der Waals surface area contributed by atoms with Gasteiger partial charge >= 0.3 is 0 Å². The lowest BCUT2D eigenvalue weighted by Gasteiger charge is -2.04. The topological polar surface area (TPSA) is 42.0 Å². The molecule has 0 aliphatic rings. The van der Waals surface area contributed by atoms with Gasteiger partial charge in [0.15, 0.2) is 0 Å². The smallest absolute Gasteiger partial charge is 0.251 e. The van der Waals surface area contributed by atoms with E-state index in [1.54, 1.807) is 11.3 Å². The van der Waals surface area contributed by atoms with E-state index in [0.29, 0.717) is 12.1 Å². The maximum Gasteiger partial charge on any atom is 0.251 e. The number of aromatic nitrogens is 1. The van der Waals surface area contributed by atoms with Crippen molar-refractivity contribution in [1.29, 1.82) is 0 Å². The Hall–Kier alpha value is -1.68. The summed E-state index contributed by atoms with van der Waals surface area (Å²) < 4.78 is 0. The lowest BCUT2D eigenvalue weighted by Crippen LogP contribution is -2.25. The van der Waals surface area contributed by atoms with Crippen LogP contribution in [0.1, 0.15) is 25.8 Å². The molecule has 0 saturated carbocycles. The van der Waals surface area contributed by atoms with E-state index < -0.39 is 0 Å². The van der Waals surface area contributed by atoms with Gasteiger partial charge < -0.3 is 5.32 Å². The van der Waals surface area contributed by atoms with Gasteiger partial charge in [0.25, 0.3) is 5.91 Å². The summed E-state index contributed by atoms with van der Waals surface area (Å²) in [5.41, 5.74) is 1.81. The Morgan fingerprint density at radius 1 is 1.39 bits per heavy atom. The van der Waals surface area contributed by atoms with Crippen molar-refractivity contribution >= 4 is 17.2 Å². The average Bonchev–Trinajstić information content (AvgIpc) is 2.75. The molecule has 0 radical (unpaired) electrons. The van der Waals surface area contributed by atoms with E-state index in [1.807, 2.05) is 44.3 Å². The standard InChI is InChI=1S/C14H16N2OS/c1-10-4-3-5-12(8-10)14(17)15-7-6-13-16-9-11(2)18-13/h3-5,8-9H,6-7H2,1-2H3,(H,15,17). The fourth-order valence-electron chi connectivity index (χ4n) is 1.69. The van der Waals surface area contributed by atoms with Crippen LogP contribution in [0.2, 0.25) is 0 Å². The molecule has 1 aromatic carbocycles. The number of amides is 1. The van der Waals surface area contributed by atoms with Gasteiger partial charge in [-0.15, -0.1) is 11.3 Å². The second-order valence-electron chi connectivity index (χ2n) is 4.24. The highest BCUT2D eigenvalue weighted by Gasteiger charge is 2.05. The first-order valence-electron chi connectivity index (χ1n) is 5.91. The molecule has 3 nitrogen and oxygen atoms in total. The van der Waals surface area contributed by atoms with Crippen LogP contribution < -0.4 is 5.32 Å². The Balaban J connectivity index is 1.85. The van der Waals surface area contributed by atoms with E-state index in [0.717, 1.165) is 17.0 Å². The molecule has 94 valence electrons. The van der Waals surface area contributed by atoms with Crippen molar-refractivity contribution in [3.8, 4) is 0 Å². The summed E-state index contributed by atoms with van der Waals surface area (Å²) in [5.74, 6) is -0.0213. The molecule has 0 saturated heterocycles. The number of nitrogens with zero attached hydrogens (tertiary/aromatic N) is 1. The highest BCUT2D eigenvalue weighted by Crippen LogP contribution is 2.11. The summed E-state index contributed by atoms with van der Waals surface area (Å²) in [5, 5.41) is 3.98. The largest absolute Gasteiger partial charge is 0.352 e. The summed E-state index contributed by atoms with van der Waals surface area (Å²) in [6.07, 6.45) is 2.65. The molecule has 0 aliphatic heterocycles. The summed E-state index contributed by atoms with van der Waals surface area (Å²) in [6, 6.07) is 7.60. The van der Waals surface area contributed by atoms with Crippen LogP contribution >= 0.6 is 11.3 Å². The highest BCUT2D eigenvalue weighted by atomic mass is 32.1. The highest BCUT2D eigenvalue weighted by molar-refractivity contribution is 7.11. The van der Waals surface area contributed by atoms with Crippen LogP contribution in [0.3, 0.4) is 0 Å². The molecule has 0 aliphatic carbocycles. The van der Waals surface area contributed by atoms with Crippen molar-refractivity contribution in [2.75, 3.05) is 6.54 Å². The minimum absolute atomic E-state index is 0.0213. The summed E-state index contributed by atoms with van der Waals surface area (Å²) in [7, 11) is 0. The zero-order valence-corrected chi connectivity index (χ0v) is 11.4. The molecule has 4 heteroatoms. The van der Waals surface area contributed by atoms with Gasteiger partial charge in [-0.1, -0.05) is 17.7 Å². The number of aryl methyl sites for hydroxylation is 2. The predicted octanol–water partition coefficient (Wildman–Crippen LogP) is 2.73. The Morgan fingerprint density at radius 3 is 2.89 bits per heavy atom. The Morgan fingerprint density at radius 2 is 2.22 bits per heavy atom. The third kappa shape index (κ3) is 3.40. The Kier molecular flexibility index (Phi) is 4.10. The zero-order valence-electron chi connectivity index (χ0n) is 10.6. The average molecular weight is 260 g/mol. The monoisotopic (exact) mass is 260 g/mol. The maximum atomic E-state index is 11.9. The van der Waals surface area contributed by atoms with Gasteiger partial charge in [-0.2, -0.15) is 0 Å². The molecule has 0 unspecified atom stereocenters. The fraction of sp³-hybridized carbons (Fsp3) is 0.286. The SMILES string of the molecule is Cc1cccc(C(=O)NCCc2ncc(C)s2)c1. The van der Waals surface area contributed by atoms with E-state index in [2.05, 4.69) is 10.3 Å². The van der Waals surface area contributed by atoms with Crippen molar-refractivity contribution < 1.29 is 4.79 Å². The molecule has 1 N–H and O–H groups in total. The van der Waals surface area contributed by atoms with E-state index in [1.165, 1.54) is 4.88 Å². The molecule has 0 atom stereocenters. The lowest BCUT2D eigenvalue weighted by atomic mass is 10.1. The van der Waals surface area contributed by atoms with Crippen LogP contribution in [0.15, 0.2) is 30.5 Å². The van der Waals surface area contributed by atoms with Crippen LogP contribution in [0.5, 0.6) is 0 Å². The van der Waals surface area contributed by atoms with E-state index >= 15 is 0 Å². The van der Waals surface area contributed by atoms with Crippen LogP contribution in [-0.4, -0.2) is 17.4 Å². The van der Waals surface area contributed by atoms with Crippen LogP contribution in [0, 0.1) is 13.8 Å². The number of hydrogen-bond acceptors (Lipinski definition) is 3. The second kappa shape index (κ2) is 5.78. The number of carbonyl (C=O) groups is 1. The van der Waals surface area contributed by atoms with E-state index in [-0.39, 0.29) is 5.91 Å². The van der Waals surface area contributed by atoms with Gasteiger partial charge in [-0.05, 0) is 26.0 Å². The molecule has 0 fully saturated rings. The summed E-state index contributed by atoms with van der Waals surface area (Å²) in [4.78, 5) is 17.3. The van der Waals surface area contributed by atoms with Crippen molar-refractivity contribution in [2.24, 2.45) is 0 Å². The van der Waals surface area contributed by atoms with Gasteiger partial charge in [0.1, 0.15) is 0 Å². The van der Waals surface area contributed by atoms with Crippen molar-refractivity contribution in [2.45, 2.75) is 20.3 Å². The number of carbonyl (C=O) groups excluding carboxylic acids is 1. The van der Waals surface area contributed by atoms with Crippen molar-refractivity contribution in [1.82, 2.24) is 10.3 Å². The zero-order chi connectivity index (χ0) is 13.0. The number of rotatable bonds is 4. The molecule has 0 spiro atoms. The summed E-state index contributed by atoms with van der Waals surface area (Å²) in [6.45, 7) is 4.64. The maximum absolute atomic E-state index is 11.9. The molecular weight excluding hydrogens is 244 g/mol. The predicted molar refractivity (Wildman–Crippen MR) is 74.1 cm³/mol. The van der Waals surface area contributed by atoms with Gasteiger partial charge in [0, 0.05) is 29.6 Å². The first-order chi connectivity index (χ1) is 8.65. The number of thiazole rings is 1. The first-order valence-corrected chi connectivity index (χ1v) is 6.73. The van der Waals surface area contributed by atoms with E-state index in [9.17, 15) is 4.79 Å². The summed E-state index contributed by atoms with van der Waals surface area (Å²) >= 11 is 1.68. The van der Waals surface area contributed by atoms with Crippen molar-refractivity contribution in [3.05, 3.63) is 51.5 Å². The number of nitrogens with one attached hydrogen (secondary N) is 1. The number of hydrogen-bond donors (Lipinski definition) is 1. The molecule has 18 heavy (non-hydrogen) atoms. The Labute approximate surface area is 111 Å². The second-order valence-corrected chi connectivity index (χ2v) is 5.56. The van der Waals surface area contributed by atoms with Crippen LogP contribution in [0.4, 0.5) is 0 Å². The molecule has 1 aromatic heterocycles. The van der Waals surface area contributed by atoms with Gasteiger partial charge in [-0.25, -0.2) is 4.98 Å². The quantitative estimate of drug-likeness (QED) is 0.918. The van der Waals surface area contributed by atoms with E-state index in [4.69, 9.17) is 0 Å². The van der Waals surface area contributed by atoms with Crippen LogP contribution in [-0.2, 0) is 6.42 Å². The minimum Gasteiger partial charge on any atom is -0.352 e. The van der Waals surface area contributed by atoms with Gasteiger partial charge in [0.05, 0.1) is 5.01 Å². The lowest BCUT2D eigenvalue weighted by molar-refractivity contribution is 0.0954.